The van der Waals surface area contributed by atoms with E-state index in [0.717, 1.165) is 19.6 Å². The maximum atomic E-state index is 3.64. The van der Waals surface area contributed by atoms with Crippen LogP contribution in [0.4, 0.5) is 0 Å². The van der Waals surface area contributed by atoms with Gasteiger partial charge in [0, 0.05) is 35.7 Å². The van der Waals surface area contributed by atoms with E-state index in [1.807, 2.05) is 0 Å². The van der Waals surface area contributed by atoms with E-state index in [9.17, 15) is 0 Å². The largest absolute Gasteiger partial charge is 0.311 e. The summed E-state index contributed by atoms with van der Waals surface area (Å²) in [6.07, 6.45) is 1.20. The highest BCUT2D eigenvalue weighted by molar-refractivity contribution is 9.10. The van der Waals surface area contributed by atoms with Gasteiger partial charge in [0.1, 0.15) is 0 Å². The number of benzene rings is 1. The molecule has 1 fully saturated rings. The van der Waals surface area contributed by atoms with Gasteiger partial charge < -0.3 is 5.32 Å². The molecule has 0 bridgehead atoms. The summed E-state index contributed by atoms with van der Waals surface area (Å²) >= 11 is 3.55. The van der Waals surface area contributed by atoms with Gasteiger partial charge in [0.25, 0.3) is 0 Å². The molecule has 18 heavy (non-hydrogen) atoms. The Bertz CT molecular complexity index is 403. The molecule has 3 heteroatoms. The molecule has 2 nitrogen and oxygen atoms in total. The van der Waals surface area contributed by atoms with E-state index in [2.05, 4.69) is 71.2 Å². The van der Waals surface area contributed by atoms with Gasteiger partial charge in [-0.1, -0.05) is 35.0 Å². The standard InChI is InChI=1S/C15H23BrN2/c1-4-14-10-18(15(2,3)11-17-14)9-12-6-5-7-13(16)8-12/h5-8,14,17H,4,9-11H2,1-3H3. The van der Waals surface area contributed by atoms with Gasteiger partial charge in [0.2, 0.25) is 0 Å². The summed E-state index contributed by atoms with van der Waals surface area (Å²) in [4.78, 5) is 2.60. The maximum Gasteiger partial charge on any atom is 0.0281 e. The van der Waals surface area contributed by atoms with Gasteiger partial charge in [-0.25, -0.2) is 0 Å². The van der Waals surface area contributed by atoms with Gasteiger partial charge in [-0.3, -0.25) is 4.90 Å². The van der Waals surface area contributed by atoms with Crippen molar-refractivity contribution in [2.75, 3.05) is 13.1 Å². The molecule has 2 rings (SSSR count). The Hall–Kier alpha value is -0.380. The molecule has 0 amide bonds. The third-order valence-electron chi connectivity index (χ3n) is 3.88. The fourth-order valence-electron chi connectivity index (χ4n) is 2.49. The first-order valence-corrected chi connectivity index (χ1v) is 7.53. The number of piperazine rings is 1. The number of nitrogens with zero attached hydrogens (tertiary/aromatic N) is 1. The van der Waals surface area contributed by atoms with E-state index in [4.69, 9.17) is 0 Å². The van der Waals surface area contributed by atoms with Crippen molar-refractivity contribution in [2.45, 2.75) is 45.3 Å². The third-order valence-corrected chi connectivity index (χ3v) is 4.37. The van der Waals surface area contributed by atoms with Crippen LogP contribution in [0.15, 0.2) is 28.7 Å². The predicted molar refractivity (Wildman–Crippen MR) is 80.7 cm³/mol. The molecule has 0 aliphatic carbocycles. The molecule has 1 unspecified atom stereocenters. The van der Waals surface area contributed by atoms with Crippen LogP contribution < -0.4 is 5.32 Å². The van der Waals surface area contributed by atoms with Gasteiger partial charge in [-0.2, -0.15) is 0 Å². The highest BCUT2D eigenvalue weighted by Crippen LogP contribution is 2.23. The van der Waals surface area contributed by atoms with Crippen LogP contribution in [-0.4, -0.2) is 29.6 Å². The lowest BCUT2D eigenvalue weighted by molar-refractivity contribution is 0.0577. The van der Waals surface area contributed by atoms with Crippen LogP contribution in [0.2, 0.25) is 0 Å². The highest BCUT2D eigenvalue weighted by Gasteiger charge is 2.32. The molecular formula is C15H23BrN2. The highest BCUT2D eigenvalue weighted by atomic mass is 79.9. The summed E-state index contributed by atoms with van der Waals surface area (Å²) < 4.78 is 1.17. The minimum absolute atomic E-state index is 0.230. The van der Waals surface area contributed by atoms with Gasteiger partial charge in [0.05, 0.1) is 0 Å². The zero-order valence-corrected chi connectivity index (χ0v) is 13.1. The minimum Gasteiger partial charge on any atom is -0.311 e. The van der Waals surface area contributed by atoms with Crippen molar-refractivity contribution >= 4 is 15.9 Å². The molecule has 1 atom stereocenters. The predicted octanol–water partition coefficient (Wildman–Crippen LogP) is 3.41. The van der Waals surface area contributed by atoms with E-state index in [0.29, 0.717) is 6.04 Å². The van der Waals surface area contributed by atoms with Crippen LogP contribution >= 0.6 is 15.9 Å². The lowest BCUT2D eigenvalue weighted by Gasteiger charge is -2.46. The summed E-state index contributed by atoms with van der Waals surface area (Å²) in [7, 11) is 0. The Kier molecular flexibility index (Phi) is 4.46. The second-order valence-electron chi connectivity index (χ2n) is 5.81. The average molecular weight is 311 g/mol. The topological polar surface area (TPSA) is 15.3 Å². The molecule has 1 N–H and O–H groups in total. The lowest BCUT2D eigenvalue weighted by Crippen LogP contribution is -2.61. The molecule has 0 radical (unpaired) electrons. The molecule has 1 aliphatic heterocycles. The zero-order chi connectivity index (χ0) is 13.2. The fraction of sp³-hybridized carbons (Fsp3) is 0.600. The molecule has 1 heterocycles. The summed E-state index contributed by atoms with van der Waals surface area (Å²) in [6, 6.07) is 9.26. The second-order valence-corrected chi connectivity index (χ2v) is 6.72. The Morgan fingerprint density at radius 1 is 1.44 bits per heavy atom. The van der Waals surface area contributed by atoms with Crippen LogP contribution in [-0.2, 0) is 6.54 Å². The van der Waals surface area contributed by atoms with E-state index in [1.165, 1.54) is 16.5 Å². The first-order chi connectivity index (χ1) is 8.51. The van der Waals surface area contributed by atoms with Gasteiger partial charge in [-0.05, 0) is 38.0 Å². The lowest BCUT2D eigenvalue weighted by atomic mass is 9.95. The summed E-state index contributed by atoms with van der Waals surface area (Å²) in [5.41, 5.74) is 1.61. The van der Waals surface area contributed by atoms with Crippen molar-refractivity contribution in [3.63, 3.8) is 0 Å². The van der Waals surface area contributed by atoms with Crippen molar-refractivity contribution in [3.05, 3.63) is 34.3 Å². The maximum absolute atomic E-state index is 3.64. The van der Waals surface area contributed by atoms with Gasteiger partial charge in [-0.15, -0.1) is 0 Å². The Morgan fingerprint density at radius 3 is 2.89 bits per heavy atom. The molecule has 0 aromatic heterocycles. The summed E-state index contributed by atoms with van der Waals surface area (Å²) in [5.74, 6) is 0. The fourth-order valence-corrected chi connectivity index (χ4v) is 2.94. The summed E-state index contributed by atoms with van der Waals surface area (Å²) in [6.45, 7) is 10.1. The third kappa shape index (κ3) is 3.34. The van der Waals surface area contributed by atoms with Crippen molar-refractivity contribution in [1.82, 2.24) is 10.2 Å². The molecule has 1 aromatic rings. The smallest absolute Gasteiger partial charge is 0.0281 e. The first-order valence-electron chi connectivity index (χ1n) is 6.74. The number of halogens is 1. The van der Waals surface area contributed by atoms with E-state index in [-0.39, 0.29) is 5.54 Å². The zero-order valence-electron chi connectivity index (χ0n) is 11.5. The number of nitrogens with one attached hydrogen (secondary N) is 1. The first kappa shape index (κ1) is 14.0. The number of hydrogen-bond acceptors (Lipinski definition) is 2. The molecule has 1 saturated heterocycles. The van der Waals surface area contributed by atoms with Crippen LogP contribution in [0, 0.1) is 0 Å². The Balaban J connectivity index is 2.10. The minimum atomic E-state index is 0.230. The molecular weight excluding hydrogens is 288 g/mol. The van der Waals surface area contributed by atoms with Gasteiger partial charge in [0.15, 0.2) is 0 Å². The monoisotopic (exact) mass is 310 g/mol. The normalized spacial score (nSPS) is 24.1. The number of rotatable bonds is 3. The average Bonchev–Trinajstić information content (AvgIpc) is 2.32. The second kappa shape index (κ2) is 5.72. The molecule has 1 aromatic carbocycles. The van der Waals surface area contributed by atoms with Crippen molar-refractivity contribution in [2.24, 2.45) is 0 Å². The van der Waals surface area contributed by atoms with E-state index < -0.39 is 0 Å². The molecule has 100 valence electrons. The molecule has 1 aliphatic rings. The van der Waals surface area contributed by atoms with Crippen LogP contribution in [0.1, 0.15) is 32.8 Å². The number of hydrogen-bond donors (Lipinski definition) is 1. The Morgan fingerprint density at radius 2 is 2.22 bits per heavy atom. The van der Waals surface area contributed by atoms with Crippen LogP contribution in [0.5, 0.6) is 0 Å². The Labute approximate surface area is 119 Å². The van der Waals surface area contributed by atoms with Crippen LogP contribution in [0.3, 0.4) is 0 Å². The molecule has 0 saturated carbocycles. The SMILES string of the molecule is CCC1CN(Cc2cccc(Br)c2)C(C)(C)CN1. The van der Waals surface area contributed by atoms with Crippen molar-refractivity contribution in [3.8, 4) is 0 Å². The van der Waals surface area contributed by atoms with Gasteiger partial charge >= 0.3 is 0 Å². The van der Waals surface area contributed by atoms with E-state index in [1.54, 1.807) is 0 Å². The van der Waals surface area contributed by atoms with Crippen molar-refractivity contribution < 1.29 is 0 Å². The summed E-state index contributed by atoms with van der Waals surface area (Å²) in [5, 5.41) is 3.64. The van der Waals surface area contributed by atoms with Crippen molar-refractivity contribution in [1.29, 1.82) is 0 Å². The molecule has 0 spiro atoms. The van der Waals surface area contributed by atoms with Crippen LogP contribution in [0.25, 0.3) is 0 Å². The van der Waals surface area contributed by atoms with E-state index >= 15 is 0 Å². The quantitative estimate of drug-likeness (QED) is 0.920.